The van der Waals surface area contributed by atoms with E-state index in [1.165, 1.54) is 16.6 Å². The summed E-state index contributed by atoms with van der Waals surface area (Å²) in [7, 11) is -1.71. The standard InChI is InChI=1S/C22H29N3O6S/c1-15-19(16(2)31-24-15)14-30-20-9-7-17(12-21(20)29-3)8-10-22(26)23-18-6-5-11-25(13-18)32(4,27)28/h7-10,12,18H,5-6,11,13-14H2,1-4H3,(H,23,26)/b10-8+. The Morgan fingerprint density at radius 1 is 1.34 bits per heavy atom. The molecule has 1 unspecified atom stereocenters. The molecule has 0 radical (unpaired) electrons. The summed E-state index contributed by atoms with van der Waals surface area (Å²) in [5.74, 6) is 1.54. The molecule has 0 saturated carbocycles. The highest BCUT2D eigenvalue weighted by molar-refractivity contribution is 7.88. The van der Waals surface area contributed by atoms with E-state index in [9.17, 15) is 13.2 Å². The van der Waals surface area contributed by atoms with Crippen LogP contribution in [0.5, 0.6) is 11.5 Å². The van der Waals surface area contributed by atoms with Crippen LogP contribution in [0.15, 0.2) is 28.8 Å². The molecule has 1 atom stereocenters. The van der Waals surface area contributed by atoms with E-state index in [4.69, 9.17) is 14.0 Å². The SMILES string of the molecule is COc1cc(/C=C/C(=O)NC2CCCN(S(C)(=O)=O)C2)ccc1OCc1c(C)noc1C. The first kappa shape index (κ1) is 23.8. The van der Waals surface area contributed by atoms with Crippen molar-refractivity contribution in [3.63, 3.8) is 0 Å². The molecule has 32 heavy (non-hydrogen) atoms. The predicted molar refractivity (Wildman–Crippen MR) is 120 cm³/mol. The lowest BCUT2D eigenvalue weighted by Gasteiger charge is -2.31. The van der Waals surface area contributed by atoms with E-state index in [0.29, 0.717) is 43.4 Å². The number of methoxy groups -OCH3 is 1. The second kappa shape index (κ2) is 10.2. The predicted octanol–water partition coefficient (Wildman–Crippen LogP) is 2.43. The molecule has 1 N–H and O–H groups in total. The first-order valence-corrected chi connectivity index (χ1v) is 12.2. The number of nitrogens with zero attached hydrogens (tertiary/aromatic N) is 2. The second-order valence-corrected chi connectivity index (χ2v) is 9.79. The van der Waals surface area contributed by atoms with Crippen LogP contribution in [0.1, 0.15) is 35.4 Å². The lowest BCUT2D eigenvalue weighted by atomic mass is 10.1. The molecule has 1 amide bonds. The summed E-state index contributed by atoms with van der Waals surface area (Å²) in [4.78, 5) is 12.3. The quantitative estimate of drug-likeness (QED) is 0.599. The van der Waals surface area contributed by atoms with E-state index in [1.807, 2.05) is 19.9 Å². The third kappa shape index (κ3) is 6.10. The van der Waals surface area contributed by atoms with E-state index in [0.717, 1.165) is 23.2 Å². The van der Waals surface area contributed by atoms with Crippen LogP contribution in [-0.2, 0) is 21.4 Å². The van der Waals surface area contributed by atoms with Crippen molar-refractivity contribution >= 4 is 22.0 Å². The average Bonchev–Trinajstić information content (AvgIpc) is 3.08. The number of aromatic nitrogens is 1. The molecule has 1 aromatic carbocycles. The van der Waals surface area contributed by atoms with Crippen molar-refractivity contribution < 1.29 is 27.2 Å². The van der Waals surface area contributed by atoms with E-state index in [1.54, 1.807) is 25.3 Å². The van der Waals surface area contributed by atoms with Crippen molar-refractivity contribution in [3.8, 4) is 11.5 Å². The molecule has 9 nitrogen and oxygen atoms in total. The number of piperidine rings is 1. The highest BCUT2D eigenvalue weighted by Crippen LogP contribution is 2.30. The van der Waals surface area contributed by atoms with Crippen LogP contribution in [0.2, 0.25) is 0 Å². The number of nitrogens with one attached hydrogen (secondary N) is 1. The molecule has 1 saturated heterocycles. The van der Waals surface area contributed by atoms with Gasteiger partial charge in [0.1, 0.15) is 12.4 Å². The van der Waals surface area contributed by atoms with Gasteiger partial charge < -0.3 is 19.3 Å². The third-order valence-corrected chi connectivity index (χ3v) is 6.64. The largest absolute Gasteiger partial charge is 0.493 e. The average molecular weight is 464 g/mol. The van der Waals surface area contributed by atoms with Crippen molar-refractivity contribution in [1.82, 2.24) is 14.8 Å². The maximum absolute atomic E-state index is 12.3. The molecule has 1 aliphatic rings. The molecule has 1 fully saturated rings. The highest BCUT2D eigenvalue weighted by atomic mass is 32.2. The summed E-state index contributed by atoms with van der Waals surface area (Å²) in [5, 5.41) is 6.79. The van der Waals surface area contributed by atoms with Gasteiger partial charge in [-0.15, -0.1) is 0 Å². The zero-order valence-corrected chi connectivity index (χ0v) is 19.6. The van der Waals surface area contributed by atoms with Gasteiger partial charge in [0.15, 0.2) is 11.5 Å². The van der Waals surface area contributed by atoms with Crippen LogP contribution in [-0.4, -0.2) is 56.3 Å². The summed E-state index contributed by atoms with van der Waals surface area (Å²) in [6, 6.07) is 5.17. The molecule has 0 spiro atoms. The number of amides is 1. The van der Waals surface area contributed by atoms with E-state index in [-0.39, 0.29) is 11.9 Å². The topological polar surface area (TPSA) is 111 Å². The smallest absolute Gasteiger partial charge is 0.244 e. The number of carbonyl (C=O) groups excluding carboxylic acids is 1. The monoisotopic (exact) mass is 463 g/mol. The minimum atomic E-state index is -3.26. The maximum Gasteiger partial charge on any atom is 0.244 e. The van der Waals surface area contributed by atoms with Gasteiger partial charge in [-0.1, -0.05) is 11.2 Å². The van der Waals surface area contributed by atoms with Gasteiger partial charge in [-0.25, -0.2) is 12.7 Å². The van der Waals surface area contributed by atoms with Crippen LogP contribution in [0.4, 0.5) is 0 Å². The van der Waals surface area contributed by atoms with Crippen LogP contribution < -0.4 is 14.8 Å². The number of rotatable bonds is 8. The number of ether oxygens (including phenoxy) is 2. The van der Waals surface area contributed by atoms with E-state index < -0.39 is 10.0 Å². The fourth-order valence-corrected chi connectivity index (χ4v) is 4.46. The summed E-state index contributed by atoms with van der Waals surface area (Å²) < 4.78 is 41.3. The van der Waals surface area contributed by atoms with Crippen molar-refractivity contribution in [2.75, 3.05) is 26.5 Å². The Labute approximate surface area is 188 Å². The van der Waals surface area contributed by atoms with Gasteiger partial charge in [0.05, 0.1) is 24.6 Å². The molecule has 2 heterocycles. The second-order valence-electron chi connectivity index (χ2n) is 7.80. The van der Waals surface area contributed by atoms with Gasteiger partial charge in [-0.3, -0.25) is 4.79 Å². The molecule has 1 aliphatic heterocycles. The lowest BCUT2D eigenvalue weighted by molar-refractivity contribution is -0.117. The first-order chi connectivity index (χ1) is 15.2. The highest BCUT2D eigenvalue weighted by Gasteiger charge is 2.26. The van der Waals surface area contributed by atoms with E-state index >= 15 is 0 Å². The molecule has 0 aliphatic carbocycles. The van der Waals surface area contributed by atoms with Crippen molar-refractivity contribution in [2.45, 2.75) is 39.3 Å². The number of sulfonamides is 1. The summed E-state index contributed by atoms with van der Waals surface area (Å²) >= 11 is 0. The Balaban J connectivity index is 1.60. The molecular weight excluding hydrogens is 434 g/mol. The van der Waals surface area contributed by atoms with Crippen molar-refractivity contribution in [3.05, 3.63) is 46.9 Å². The van der Waals surface area contributed by atoms with Gasteiger partial charge >= 0.3 is 0 Å². The van der Waals surface area contributed by atoms with Gasteiger partial charge in [0.2, 0.25) is 15.9 Å². The molecule has 10 heteroatoms. The van der Waals surface area contributed by atoms with Crippen molar-refractivity contribution in [1.29, 1.82) is 0 Å². The lowest BCUT2D eigenvalue weighted by Crippen LogP contribution is -2.48. The number of aryl methyl sites for hydroxylation is 2. The maximum atomic E-state index is 12.3. The van der Waals surface area contributed by atoms with E-state index in [2.05, 4.69) is 10.5 Å². The number of benzene rings is 1. The molecular formula is C22H29N3O6S. The van der Waals surface area contributed by atoms with Crippen molar-refractivity contribution in [2.24, 2.45) is 0 Å². The Kier molecular flexibility index (Phi) is 7.57. The van der Waals surface area contributed by atoms with Gasteiger partial charge in [0.25, 0.3) is 0 Å². The molecule has 1 aromatic heterocycles. The van der Waals surface area contributed by atoms with Gasteiger partial charge in [-0.2, -0.15) is 0 Å². The third-order valence-electron chi connectivity index (χ3n) is 5.37. The molecule has 2 aromatic rings. The molecule has 3 rings (SSSR count). The van der Waals surface area contributed by atoms with Gasteiger partial charge in [-0.05, 0) is 50.5 Å². The molecule has 174 valence electrons. The number of hydrogen-bond acceptors (Lipinski definition) is 7. The summed E-state index contributed by atoms with van der Waals surface area (Å²) in [6.07, 6.45) is 5.75. The minimum absolute atomic E-state index is 0.203. The normalized spacial score (nSPS) is 17.4. The van der Waals surface area contributed by atoms with Crippen LogP contribution in [0, 0.1) is 13.8 Å². The van der Waals surface area contributed by atoms with Crippen LogP contribution in [0.3, 0.4) is 0 Å². The minimum Gasteiger partial charge on any atom is -0.493 e. The zero-order valence-electron chi connectivity index (χ0n) is 18.8. The Hall–Kier alpha value is -2.85. The fraction of sp³-hybridized carbons (Fsp3) is 0.455. The Bertz CT molecular complexity index is 1070. The van der Waals surface area contributed by atoms with Crippen LogP contribution >= 0.6 is 0 Å². The first-order valence-electron chi connectivity index (χ1n) is 10.3. The molecule has 0 bridgehead atoms. The summed E-state index contributed by atoms with van der Waals surface area (Å²) in [5.41, 5.74) is 2.44. The summed E-state index contributed by atoms with van der Waals surface area (Å²) in [6.45, 7) is 4.79. The van der Waals surface area contributed by atoms with Crippen LogP contribution in [0.25, 0.3) is 6.08 Å². The number of hydrogen-bond donors (Lipinski definition) is 1. The number of carbonyl (C=O) groups is 1. The zero-order chi connectivity index (χ0) is 23.3. The Morgan fingerprint density at radius 2 is 2.12 bits per heavy atom. The fourth-order valence-electron chi connectivity index (χ4n) is 3.55. The van der Waals surface area contributed by atoms with Gasteiger partial charge in [0, 0.05) is 25.2 Å². The Morgan fingerprint density at radius 3 is 2.78 bits per heavy atom.